The lowest BCUT2D eigenvalue weighted by Gasteiger charge is -2.40. The second kappa shape index (κ2) is 17.4. The molecule has 1 aromatic rings. The molecule has 0 aliphatic rings. The number of hydrogen-bond acceptors (Lipinski definition) is 6. The van der Waals surface area contributed by atoms with Crippen molar-refractivity contribution in [2.24, 2.45) is 28.8 Å². The van der Waals surface area contributed by atoms with Gasteiger partial charge in [-0.1, -0.05) is 91.0 Å². The van der Waals surface area contributed by atoms with E-state index in [4.69, 9.17) is 16.1 Å². The molecule has 0 saturated carbocycles. The maximum atomic E-state index is 6.62. The number of benzene rings is 1. The molecule has 5 N–H and O–H groups in total. The zero-order valence-electron chi connectivity index (χ0n) is 28.9. The lowest BCUT2D eigenvalue weighted by Crippen LogP contribution is -2.48. The van der Waals surface area contributed by atoms with Gasteiger partial charge in [0.05, 0.1) is 11.6 Å². The van der Waals surface area contributed by atoms with E-state index in [0.717, 1.165) is 55.4 Å². The smallest absolute Gasteiger partial charge is 0.122 e. The molecule has 240 valence electrons. The Morgan fingerprint density at radius 1 is 1.12 bits per heavy atom. The highest BCUT2D eigenvalue weighted by atomic mass is 31.1. The molecule has 1 aromatic carbocycles. The number of nitrogens with two attached hydrogens (primary N) is 2. The van der Waals surface area contributed by atoms with Gasteiger partial charge in [0.2, 0.25) is 0 Å². The molecule has 0 aromatic heterocycles. The Balaban J connectivity index is 2.63. The monoisotopic (exact) mass is 601 g/mol. The van der Waals surface area contributed by atoms with Crippen LogP contribution in [0, 0.1) is 17.3 Å². The fourth-order valence-electron chi connectivity index (χ4n) is 4.99. The molecule has 6 nitrogen and oxygen atoms in total. The first-order valence-electron chi connectivity index (χ1n) is 15.7. The Morgan fingerprint density at radius 2 is 1.71 bits per heavy atom. The van der Waals surface area contributed by atoms with Crippen molar-refractivity contribution in [3.05, 3.63) is 71.7 Å². The molecule has 0 aliphatic carbocycles. The van der Waals surface area contributed by atoms with E-state index in [1.54, 1.807) is 5.01 Å². The summed E-state index contributed by atoms with van der Waals surface area (Å²) in [4.78, 5) is 2.11. The van der Waals surface area contributed by atoms with E-state index in [1.165, 1.54) is 11.1 Å². The minimum atomic E-state index is -0.698. The second-order valence-corrected chi connectivity index (χ2v) is 15.3. The molecule has 42 heavy (non-hydrogen) atoms. The van der Waals surface area contributed by atoms with Crippen molar-refractivity contribution >= 4 is 8.15 Å². The average molecular weight is 602 g/mol. The third-order valence-electron chi connectivity index (χ3n) is 9.08. The van der Waals surface area contributed by atoms with Gasteiger partial charge in [0, 0.05) is 44.4 Å². The van der Waals surface area contributed by atoms with Crippen molar-refractivity contribution in [3.8, 4) is 0 Å². The normalized spacial score (nSPS) is 15.6. The van der Waals surface area contributed by atoms with Crippen molar-refractivity contribution in [2.75, 3.05) is 33.1 Å². The number of allylic oxidation sites excluding steroid dienone is 2. The topological polar surface area (TPSA) is 79.8 Å². The number of nitrogens with one attached hydrogen (secondary N) is 1. The summed E-state index contributed by atoms with van der Waals surface area (Å²) in [6, 6.07) is 9.09. The molecule has 0 bridgehead atoms. The van der Waals surface area contributed by atoms with Crippen LogP contribution in [0.15, 0.2) is 60.6 Å². The van der Waals surface area contributed by atoms with E-state index in [2.05, 4.69) is 124 Å². The minimum absolute atomic E-state index is 0.138. The van der Waals surface area contributed by atoms with Crippen LogP contribution in [0.3, 0.4) is 0 Å². The molecule has 0 amide bonds. The lowest BCUT2D eigenvalue weighted by atomic mass is 9.71. The first-order valence-corrected chi connectivity index (χ1v) is 17.6. The summed E-state index contributed by atoms with van der Waals surface area (Å²) in [5.74, 6) is 7.60. The number of nitrogens with zero attached hydrogens (tertiary/aromatic N) is 2. The van der Waals surface area contributed by atoms with E-state index in [-0.39, 0.29) is 17.0 Å². The van der Waals surface area contributed by atoms with Crippen LogP contribution in [0.5, 0.6) is 0 Å². The molecule has 4 unspecified atom stereocenters. The molecule has 7 heteroatoms. The third kappa shape index (κ3) is 11.7. The van der Waals surface area contributed by atoms with E-state index in [1.807, 2.05) is 6.20 Å². The summed E-state index contributed by atoms with van der Waals surface area (Å²) in [5, 5.41) is 5.37. The van der Waals surface area contributed by atoms with Crippen molar-refractivity contribution in [1.82, 2.24) is 15.2 Å². The van der Waals surface area contributed by atoms with Crippen LogP contribution >= 0.6 is 8.15 Å². The van der Waals surface area contributed by atoms with Crippen LogP contribution in [0.4, 0.5) is 0 Å². The molecular formula is C35H64N5OP. The highest BCUT2D eigenvalue weighted by Gasteiger charge is 2.33. The molecule has 0 saturated heterocycles. The minimum Gasteiger partial charge on any atom is -0.400 e. The molecule has 0 spiro atoms. The van der Waals surface area contributed by atoms with Gasteiger partial charge in [-0.3, -0.25) is 0 Å². The van der Waals surface area contributed by atoms with Crippen molar-refractivity contribution < 1.29 is 4.52 Å². The van der Waals surface area contributed by atoms with Gasteiger partial charge in [-0.2, -0.15) is 0 Å². The lowest BCUT2D eigenvalue weighted by molar-refractivity contribution is 0.172. The standard InChI is InChI=1S/C35H64N5OP/c1-14-22-38-33(26(3)4)31-20-18-30(19-21-31)17-16-28(6)39(12)25-41-42(13)24-34(8,9)40(37)23-32(36)35(10,11)29(7)27(5)15-2/h18-21,23,27,29,33,38H,3,6,14-17,22,24-25,36-37H2,1-2,4-5,7-13H3/b32-23-. The average Bonchev–Trinajstić information content (AvgIpc) is 2.93. The second-order valence-electron chi connectivity index (χ2n) is 13.5. The number of hydrogen-bond donors (Lipinski definition) is 3. The number of hydrazine groups is 1. The Morgan fingerprint density at radius 3 is 2.24 bits per heavy atom. The van der Waals surface area contributed by atoms with Gasteiger partial charge in [-0.15, -0.1) is 0 Å². The van der Waals surface area contributed by atoms with Gasteiger partial charge < -0.3 is 25.5 Å². The summed E-state index contributed by atoms with van der Waals surface area (Å²) in [6.07, 6.45) is 6.83. The predicted molar refractivity (Wildman–Crippen MR) is 186 cm³/mol. The maximum absolute atomic E-state index is 6.62. The van der Waals surface area contributed by atoms with E-state index in [9.17, 15) is 0 Å². The molecular weight excluding hydrogens is 537 g/mol. The van der Waals surface area contributed by atoms with Gasteiger partial charge in [0.25, 0.3) is 0 Å². The molecule has 1 rings (SSSR count). The first kappa shape index (κ1) is 38.2. The molecule has 0 radical (unpaired) electrons. The van der Waals surface area contributed by atoms with E-state index in [0.29, 0.717) is 18.6 Å². The van der Waals surface area contributed by atoms with Crippen molar-refractivity contribution in [3.63, 3.8) is 0 Å². The first-order chi connectivity index (χ1) is 19.5. The van der Waals surface area contributed by atoms with Crippen LogP contribution in [-0.4, -0.2) is 48.6 Å². The van der Waals surface area contributed by atoms with Gasteiger partial charge in [-0.05, 0) is 76.2 Å². The highest BCUT2D eigenvalue weighted by molar-refractivity contribution is 7.51. The number of rotatable bonds is 20. The zero-order chi connectivity index (χ0) is 32.3. The van der Waals surface area contributed by atoms with Crippen LogP contribution in [0.25, 0.3) is 0 Å². The summed E-state index contributed by atoms with van der Waals surface area (Å²) >= 11 is 0. The Hall–Kier alpha value is -1.85. The summed E-state index contributed by atoms with van der Waals surface area (Å²) in [6.45, 7) is 32.0. The van der Waals surface area contributed by atoms with Crippen molar-refractivity contribution in [2.45, 2.75) is 99.6 Å². The SMILES string of the molecule is C=C(C)C(NCCC)c1ccc(CCC(=C)N(C)COP(C)CC(C)(C)N(N)/C=C(\N)C(C)(C)C(C)C(C)CC)cc1. The quantitative estimate of drug-likeness (QED) is 0.0460. The molecule has 0 aliphatic heterocycles. The number of aryl methyl sites for hydroxylation is 1. The van der Waals surface area contributed by atoms with Crippen molar-refractivity contribution in [1.29, 1.82) is 0 Å². The maximum Gasteiger partial charge on any atom is 0.122 e. The van der Waals surface area contributed by atoms with Gasteiger partial charge in [0.15, 0.2) is 0 Å². The highest BCUT2D eigenvalue weighted by Crippen LogP contribution is 2.40. The van der Waals surface area contributed by atoms with Crippen LogP contribution in [-0.2, 0) is 10.9 Å². The predicted octanol–water partition coefficient (Wildman–Crippen LogP) is 8.15. The zero-order valence-corrected chi connectivity index (χ0v) is 29.8. The fraction of sp³-hybridized carbons (Fsp3) is 0.657. The van der Waals surface area contributed by atoms with Gasteiger partial charge in [-0.25, -0.2) is 5.84 Å². The largest absolute Gasteiger partial charge is 0.400 e. The summed E-state index contributed by atoms with van der Waals surface area (Å²) in [5.41, 5.74) is 11.8. The molecule has 4 atom stereocenters. The van der Waals surface area contributed by atoms with Gasteiger partial charge >= 0.3 is 0 Å². The molecule has 0 heterocycles. The van der Waals surface area contributed by atoms with Crippen LogP contribution < -0.4 is 16.9 Å². The third-order valence-corrected chi connectivity index (χ3v) is 10.9. The Bertz CT molecular complexity index is 1000. The Kier molecular flexibility index (Phi) is 15.9. The fourth-order valence-corrected chi connectivity index (χ4v) is 6.70. The summed E-state index contributed by atoms with van der Waals surface area (Å²) < 4.78 is 6.30. The van der Waals surface area contributed by atoms with E-state index >= 15 is 0 Å². The molecule has 0 fully saturated rings. The van der Waals surface area contributed by atoms with Gasteiger partial charge in [0.1, 0.15) is 6.73 Å². The summed E-state index contributed by atoms with van der Waals surface area (Å²) in [7, 11) is 1.35. The van der Waals surface area contributed by atoms with Crippen LogP contribution in [0.2, 0.25) is 0 Å². The van der Waals surface area contributed by atoms with E-state index < -0.39 is 8.15 Å². The van der Waals surface area contributed by atoms with Crippen LogP contribution in [0.1, 0.15) is 98.7 Å². The Labute approximate surface area is 260 Å².